The Morgan fingerprint density at radius 2 is 1.89 bits per heavy atom. The molecule has 0 radical (unpaired) electrons. The summed E-state index contributed by atoms with van der Waals surface area (Å²) >= 11 is 6.27. The zero-order chi connectivity index (χ0) is 26.4. The number of hydrogen-bond acceptors (Lipinski definition) is 6. The van der Waals surface area contributed by atoms with E-state index in [1.165, 1.54) is 18.1 Å². The van der Waals surface area contributed by atoms with Gasteiger partial charge >= 0.3 is 6.09 Å². The first-order valence-electron chi connectivity index (χ1n) is 11.7. The Morgan fingerprint density at radius 1 is 1.11 bits per heavy atom. The lowest BCUT2D eigenvalue weighted by Crippen LogP contribution is -2.31. The van der Waals surface area contributed by atoms with Gasteiger partial charge in [0.2, 0.25) is 0 Å². The van der Waals surface area contributed by atoms with E-state index in [0.29, 0.717) is 27.8 Å². The van der Waals surface area contributed by atoms with Crippen molar-refractivity contribution >= 4 is 23.4 Å². The molecule has 2 aromatic carbocycles. The molecule has 190 valence electrons. The van der Waals surface area contributed by atoms with Gasteiger partial charge in [0.1, 0.15) is 17.7 Å². The maximum absolute atomic E-state index is 13.4. The first-order valence-corrected chi connectivity index (χ1v) is 12.1. The Balaban J connectivity index is 1.31. The van der Waals surface area contributed by atoms with E-state index in [4.69, 9.17) is 11.6 Å². The van der Waals surface area contributed by atoms with E-state index in [2.05, 4.69) is 25.5 Å². The number of nitrogens with one attached hydrogen (secondary N) is 1. The predicted octanol–water partition coefficient (Wildman–Crippen LogP) is 4.19. The van der Waals surface area contributed by atoms with Gasteiger partial charge in [-0.3, -0.25) is 9.69 Å². The van der Waals surface area contributed by atoms with Crippen molar-refractivity contribution in [2.24, 2.45) is 0 Å². The van der Waals surface area contributed by atoms with Crippen LogP contribution in [0.3, 0.4) is 0 Å². The van der Waals surface area contributed by atoms with E-state index >= 15 is 0 Å². The molecular formula is C26H21ClN8O3. The summed E-state index contributed by atoms with van der Waals surface area (Å²) < 4.78 is 3.24. The number of carbonyl (C=O) groups is 1. The summed E-state index contributed by atoms with van der Waals surface area (Å²) in [5.74, 6) is 0.700. The lowest BCUT2D eigenvalue weighted by Gasteiger charge is -2.18. The van der Waals surface area contributed by atoms with Crippen LogP contribution in [0, 0.1) is 0 Å². The molecule has 3 heterocycles. The van der Waals surface area contributed by atoms with Crippen LogP contribution in [0.5, 0.6) is 0 Å². The number of imidazole rings is 1. The summed E-state index contributed by atoms with van der Waals surface area (Å²) in [6.07, 6.45) is 5.52. The van der Waals surface area contributed by atoms with Gasteiger partial charge < -0.3 is 14.7 Å². The maximum atomic E-state index is 13.4. The zero-order valence-corrected chi connectivity index (χ0v) is 20.9. The van der Waals surface area contributed by atoms with Crippen molar-refractivity contribution in [2.45, 2.75) is 18.4 Å². The second kappa shape index (κ2) is 8.96. The van der Waals surface area contributed by atoms with Crippen LogP contribution in [0.4, 0.5) is 10.5 Å². The van der Waals surface area contributed by atoms with Crippen LogP contribution in [-0.4, -0.2) is 53.0 Å². The fourth-order valence-corrected chi connectivity index (χ4v) is 4.77. The second-order valence-corrected chi connectivity index (χ2v) is 9.54. The first kappa shape index (κ1) is 23.6. The molecule has 11 nitrogen and oxygen atoms in total. The number of halogens is 1. The molecule has 1 fully saturated rings. The Hall–Kier alpha value is -4.77. The van der Waals surface area contributed by atoms with Gasteiger partial charge in [-0.1, -0.05) is 23.7 Å². The van der Waals surface area contributed by atoms with E-state index in [1.54, 1.807) is 53.4 Å². The number of nitrogens with zero attached hydrogens (tertiary/aromatic N) is 7. The van der Waals surface area contributed by atoms with E-state index < -0.39 is 11.6 Å². The van der Waals surface area contributed by atoms with Crippen molar-refractivity contribution in [1.29, 1.82) is 0 Å². The molecule has 1 aliphatic carbocycles. The highest BCUT2D eigenvalue weighted by Gasteiger charge is 2.49. The smallest absolute Gasteiger partial charge is 0.411 e. The summed E-state index contributed by atoms with van der Waals surface area (Å²) in [6, 6.07) is 15.9. The number of benzene rings is 2. The summed E-state index contributed by atoms with van der Waals surface area (Å²) in [7, 11) is 1.49. The van der Waals surface area contributed by atoms with Crippen molar-refractivity contribution in [3.63, 3.8) is 0 Å². The predicted molar refractivity (Wildman–Crippen MR) is 141 cm³/mol. The van der Waals surface area contributed by atoms with Gasteiger partial charge in [-0.25, -0.2) is 9.78 Å². The van der Waals surface area contributed by atoms with Gasteiger partial charge in [0, 0.05) is 35.6 Å². The van der Waals surface area contributed by atoms with E-state index in [0.717, 1.165) is 34.6 Å². The Kier molecular flexibility index (Phi) is 5.57. The molecule has 0 saturated heterocycles. The third kappa shape index (κ3) is 4.02. The number of pyridine rings is 1. The molecule has 1 amide bonds. The lowest BCUT2D eigenvalue weighted by molar-refractivity contribution is 0.203. The number of H-pyrrole nitrogens is 1. The molecule has 0 spiro atoms. The monoisotopic (exact) mass is 528 g/mol. The summed E-state index contributed by atoms with van der Waals surface area (Å²) in [6.45, 7) is 0. The number of rotatable bonds is 6. The quantitative estimate of drug-likeness (QED) is 0.337. The largest absolute Gasteiger partial charge is 0.465 e. The average molecular weight is 529 g/mol. The van der Waals surface area contributed by atoms with Crippen LogP contribution in [-0.2, 0) is 5.54 Å². The highest BCUT2D eigenvalue weighted by atomic mass is 35.5. The number of amides is 1. The second-order valence-electron chi connectivity index (χ2n) is 9.11. The van der Waals surface area contributed by atoms with Crippen molar-refractivity contribution < 1.29 is 9.90 Å². The van der Waals surface area contributed by atoms with Crippen LogP contribution >= 0.6 is 11.6 Å². The first-order chi connectivity index (χ1) is 18.4. The Labute approximate surface area is 221 Å². The molecule has 0 aliphatic heterocycles. The fraction of sp³-hybridized carbons (Fsp3) is 0.154. The van der Waals surface area contributed by atoms with E-state index in [1.807, 2.05) is 18.2 Å². The van der Waals surface area contributed by atoms with Crippen molar-refractivity contribution in [3.8, 4) is 28.1 Å². The molecule has 3 aromatic heterocycles. The topological polar surface area (TPSA) is 135 Å². The summed E-state index contributed by atoms with van der Waals surface area (Å²) in [4.78, 5) is 33.7. The molecule has 0 unspecified atom stereocenters. The lowest BCUT2D eigenvalue weighted by atomic mass is 10.0. The minimum atomic E-state index is -1.03. The normalized spacial score (nSPS) is 13.8. The number of aromatic nitrogens is 7. The van der Waals surface area contributed by atoms with Gasteiger partial charge in [0.25, 0.3) is 5.56 Å². The molecule has 38 heavy (non-hydrogen) atoms. The SMILES string of the molecule is CN(C(=O)O)c1ccc(-c2cnc(C3(n4ccc(-c5cc(Cl)ccc5-n5cnnn5)cc4=O)CC3)[nH]2)cc1. The summed E-state index contributed by atoms with van der Waals surface area (Å²) in [5.41, 5.74) is 3.62. The van der Waals surface area contributed by atoms with Gasteiger partial charge in [0.15, 0.2) is 0 Å². The third-order valence-corrected chi connectivity index (χ3v) is 7.07. The molecule has 5 aromatic rings. The van der Waals surface area contributed by atoms with Gasteiger partial charge in [-0.05, 0) is 70.8 Å². The molecule has 1 aliphatic rings. The molecule has 0 atom stereocenters. The minimum absolute atomic E-state index is 0.165. The Morgan fingerprint density at radius 3 is 2.55 bits per heavy atom. The number of carboxylic acid groups (broad SMARTS) is 1. The highest BCUT2D eigenvalue weighted by molar-refractivity contribution is 6.31. The van der Waals surface area contributed by atoms with Crippen LogP contribution in [0.2, 0.25) is 5.02 Å². The average Bonchev–Trinajstić information content (AvgIpc) is 3.30. The zero-order valence-electron chi connectivity index (χ0n) is 20.1. The van der Waals surface area contributed by atoms with Gasteiger partial charge in [-0.2, -0.15) is 4.68 Å². The number of hydrogen-bond donors (Lipinski definition) is 2. The molecular weight excluding hydrogens is 508 g/mol. The Bertz CT molecular complexity index is 1710. The maximum Gasteiger partial charge on any atom is 0.411 e. The highest BCUT2D eigenvalue weighted by Crippen LogP contribution is 2.47. The standard InChI is InChI=1S/C26H21ClN8O3/c1-33(25(37)38)19-5-2-16(3-6-19)21-14-28-24(30-21)26(9-10-26)34-11-8-17(12-23(34)36)20-13-18(27)4-7-22(20)35-15-29-31-32-35/h2-8,11-15H,9-10H2,1H3,(H,28,30)(H,37,38). The third-order valence-electron chi connectivity index (χ3n) is 6.84. The van der Waals surface area contributed by atoms with Gasteiger partial charge in [-0.15, -0.1) is 5.10 Å². The molecule has 6 rings (SSSR count). The van der Waals surface area contributed by atoms with Crippen molar-refractivity contribution in [3.05, 3.63) is 94.5 Å². The number of aromatic amines is 1. The molecule has 12 heteroatoms. The number of tetrazole rings is 1. The van der Waals surface area contributed by atoms with Crippen molar-refractivity contribution in [2.75, 3.05) is 11.9 Å². The number of anilines is 1. The molecule has 1 saturated carbocycles. The van der Waals surface area contributed by atoms with E-state index in [9.17, 15) is 14.7 Å². The minimum Gasteiger partial charge on any atom is -0.465 e. The molecule has 0 bridgehead atoms. The van der Waals surface area contributed by atoms with Crippen LogP contribution in [0.25, 0.3) is 28.1 Å². The van der Waals surface area contributed by atoms with Crippen LogP contribution in [0.1, 0.15) is 18.7 Å². The van der Waals surface area contributed by atoms with Crippen LogP contribution < -0.4 is 10.5 Å². The van der Waals surface area contributed by atoms with E-state index in [-0.39, 0.29) is 5.56 Å². The van der Waals surface area contributed by atoms with Gasteiger partial charge in [0.05, 0.1) is 17.6 Å². The molecule has 2 N–H and O–H groups in total. The fourth-order valence-electron chi connectivity index (χ4n) is 4.60. The van der Waals surface area contributed by atoms with Crippen LogP contribution in [0.15, 0.2) is 78.1 Å². The van der Waals surface area contributed by atoms with Crippen molar-refractivity contribution in [1.82, 2.24) is 34.7 Å². The summed E-state index contributed by atoms with van der Waals surface area (Å²) in [5, 5.41) is 21.1.